The van der Waals surface area contributed by atoms with Crippen molar-refractivity contribution in [2.75, 3.05) is 27.2 Å². The highest BCUT2D eigenvalue weighted by atomic mass is 127. The summed E-state index contributed by atoms with van der Waals surface area (Å²) < 4.78 is 0.689. The number of rotatable bonds is 3. The van der Waals surface area contributed by atoms with Gasteiger partial charge in [-0.1, -0.05) is 23.2 Å². The molecule has 1 aromatic rings. The fourth-order valence-electron chi connectivity index (χ4n) is 2.60. The number of aliphatic hydroxyl groups excluding tert-OH is 1. The quantitative estimate of drug-likeness (QED) is 0.578. The number of amides is 1. The van der Waals surface area contributed by atoms with Crippen molar-refractivity contribution in [1.29, 1.82) is 0 Å². The summed E-state index contributed by atoms with van der Waals surface area (Å²) in [5.41, 5.74) is 0.492. The lowest BCUT2D eigenvalue weighted by atomic mass is 10.1. The van der Waals surface area contributed by atoms with Crippen LogP contribution in [0.4, 0.5) is 0 Å². The minimum absolute atomic E-state index is 0.00365. The second-order valence-electron chi connectivity index (χ2n) is 5.51. The molecule has 1 saturated heterocycles. The Kier molecular flexibility index (Phi) is 5.76. The number of nitrogens with zero attached hydrogens (tertiary/aromatic N) is 2. The van der Waals surface area contributed by atoms with Crippen LogP contribution in [0.15, 0.2) is 12.1 Å². The number of carbonyl (C=O) groups excluding carboxylic acids is 1. The van der Waals surface area contributed by atoms with Gasteiger partial charge in [-0.05, 0) is 55.2 Å². The van der Waals surface area contributed by atoms with E-state index in [0.29, 0.717) is 38.7 Å². The van der Waals surface area contributed by atoms with Gasteiger partial charge in [-0.15, -0.1) is 0 Å². The summed E-state index contributed by atoms with van der Waals surface area (Å²) >= 11 is 14.2. The Bertz CT molecular complexity index is 554. The smallest absolute Gasteiger partial charge is 0.255 e. The van der Waals surface area contributed by atoms with Gasteiger partial charge in [0.25, 0.3) is 5.91 Å². The zero-order valence-electron chi connectivity index (χ0n) is 11.8. The van der Waals surface area contributed by atoms with E-state index in [0.717, 1.165) is 0 Å². The molecule has 0 spiro atoms. The molecule has 21 heavy (non-hydrogen) atoms. The molecule has 0 saturated carbocycles. The fourth-order valence-corrected chi connectivity index (χ4v) is 3.64. The molecule has 0 aromatic heterocycles. The van der Waals surface area contributed by atoms with Crippen LogP contribution in [-0.2, 0) is 0 Å². The molecule has 1 aliphatic heterocycles. The van der Waals surface area contributed by atoms with Gasteiger partial charge < -0.3 is 14.9 Å². The monoisotopic (exact) mass is 442 g/mol. The van der Waals surface area contributed by atoms with Crippen LogP contribution in [0.2, 0.25) is 10.0 Å². The van der Waals surface area contributed by atoms with Gasteiger partial charge in [0.05, 0.1) is 16.7 Å². The van der Waals surface area contributed by atoms with Crippen LogP contribution in [0.25, 0.3) is 0 Å². The van der Waals surface area contributed by atoms with E-state index in [2.05, 4.69) is 22.6 Å². The van der Waals surface area contributed by atoms with E-state index < -0.39 is 6.10 Å². The standard InChI is InChI=1S/C14H17Cl2IN2O2/c1-18(2)6-9-5-10(20)7-19(9)14(21)11-3-8(15)4-12(16)13(11)17/h3-4,9-10,20H,5-7H2,1-2H3. The molecule has 116 valence electrons. The maximum atomic E-state index is 12.8. The average molecular weight is 443 g/mol. The summed E-state index contributed by atoms with van der Waals surface area (Å²) in [6, 6.07) is 3.25. The van der Waals surface area contributed by atoms with Crippen molar-refractivity contribution in [3.63, 3.8) is 0 Å². The van der Waals surface area contributed by atoms with E-state index in [1.807, 2.05) is 19.0 Å². The maximum Gasteiger partial charge on any atom is 0.255 e. The summed E-state index contributed by atoms with van der Waals surface area (Å²) in [4.78, 5) is 16.5. The molecule has 1 N–H and O–H groups in total. The zero-order valence-corrected chi connectivity index (χ0v) is 15.5. The number of hydrogen-bond acceptors (Lipinski definition) is 3. The number of aliphatic hydroxyl groups is 1. The minimum atomic E-state index is -0.480. The zero-order chi connectivity index (χ0) is 15.7. The number of halogens is 3. The minimum Gasteiger partial charge on any atom is -0.391 e. The highest BCUT2D eigenvalue weighted by Crippen LogP contribution is 2.30. The first-order chi connectivity index (χ1) is 9.79. The molecule has 2 atom stereocenters. The predicted octanol–water partition coefficient (Wildman–Crippen LogP) is 2.74. The Balaban J connectivity index is 2.30. The number of benzene rings is 1. The molecule has 1 fully saturated rings. The third kappa shape index (κ3) is 4.01. The van der Waals surface area contributed by atoms with Crippen molar-refractivity contribution in [1.82, 2.24) is 9.80 Å². The van der Waals surface area contributed by atoms with Gasteiger partial charge in [0.15, 0.2) is 0 Å². The molecular formula is C14H17Cl2IN2O2. The molecule has 0 radical (unpaired) electrons. The van der Waals surface area contributed by atoms with Crippen molar-refractivity contribution < 1.29 is 9.90 Å². The summed E-state index contributed by atoms with van der Waals surface area (Å²) in [5.74, 6) is -0.132. The Morgan fingerprint density at radius 3 is 2.76 bits per heavy atom. The lowest BCUT2D eigenvalue weighted by molar-refractivity contribution is 0.0698. The summed E-state index contributed by atoms with van der Waals surface area (Å²) in [5, 5.41) is 10.8. The number of β-amino-alcohol motifs (C(OH)–C–C–N with tert-alkyl or cyclic N) is 1. The van der Waals surface area contributed by atoms with E-state index in [-0.39, 0.29) is 11.9 Å². The largest absolute Gasteiger partial charge is 0.391 e. The first kappa shape index (κ1) is 17.3. The molecule has 2 rings (SSSR count). The summed E-state index contributed by atoms with van der Waals surface area (Å²) in [6.45, 7) is 1.06. The van der Waals surface area contributed by atoms with E-state index in [1.165, 1.54) is 0 Å². The SMILES string of the molecule is CN(C)CC1CC(O)CN1C(=O)c1cc(Cl)cc(Cl)c1I. The molecule has 1 amide bonds. The van der Waals surface area contributed by atoms with Crippen LogP contribution < -0.4 is 0 Å². The number of carbonyl (C=O) groups is 1. The second-order valence-corrected chi connectivity index (χ2v) is 7.43. The van der Waals surface area contributed by atoms with Crippen LogP contribution in [0, 0.1) is 3.57 Å². The van der Waals surface area contributed by atoms with Crippen molar-refractivity contribution in [3.8, 4) is 0 Å². The van der Waals surface area contributed by atoms with Crippen molar-refractivity contribution in [3.05, 3.63) is 31.3 Å². The first-order valence-corrected chi connectivity index (χ1v) is 8.41. The summed E-state index contributed by atoms with van der Waals surface area (Å²) in [6.07, 6.45) is 0.112. The molecule has 0 aliphatic carbocycles. The van der Waals surface area contributed by atoms with Gasteiger partial charge in [-0.2, -0.15) is 0 Å². The maximum absolute atomic E-state index is 12.8. The van der Waals surface area contributed by atoms with Crippen LogP contribution in [-0.4, -0.2) is 60.1 Å². The molecule has 0 bridgehead atoms. The van der Waals surface area contributed by atoms with Crippen LogP contribution >= 0.6 is 45.8 Å². The fraction of sp³-hybridized carbons (Fsp3) is 0.500. The van der Waals surface area contributed by atoms with E-state index in [9.17, 15) is 9.90 Å². The Morgan fingerprint density at radius 1 is 1.48 bits per heavy atom. The summed E-state index contributed by atoms with van der Waals surface area (Å²) in [7, 11) is 3.90. The van der Waals surface area contributed by atoms with Crippen molar-refractivity contribution in [2.45, 2.75) is 18.6 Å². The van der Waals surface area contributed by atoms with Crippen LogP contribution in [0.1, 0.15) is 16.8 Å². The van der Waals surface area contributed by atoms with Crippen LogP contribution in [0.3, 0.4) is 0 Å². The van der Waals surface area contributed by atoms with E-state index in [1.54, 1.807) is 17.0 Å². The van der Waals surface area contributed by atoms with Gasteiger partial charge in [-0.3, -0.25) is 4.79 Å². The lowest BCUT2D eigenvalue weighted by Crippen LogP contribution is -2.41. The third-order valence-corrected chi connectivity index (χ3v) is 5.45. The van der Waals surface area contributed by atoms with E-state index in [4.69, 9.17) is 23.2 Å². The van der Waals surface area contributed by atoms with Crippen LogP contribution in [0.5, 0.6) is 0 Å². The number of hydrogen-bond donors (Lipinski definition) is 1. The Morgan fingerprint density at radius 2 is 2.14 bits per heavy atom. The van der Waals surface area contributed by atoms with Gasteiger partial charge in [0, 0.05) is 27.7 Å². The normalized spacial score (nSPS) is 22.1. The highest BCUT2D eigenvalue weighted by Gasteiger charge is 2.35. The third-order valence-electron chi connectivity index (χ3n) is 3.45. The molecule has 1 aliphatic rings. The molecule has 4 nitrogen and oxygen atoms in total. The molecule has 2 unspecified atom stereocenters. The number of likely N-dealkylation sites (tertiary alicyclic amines) is 1. The van der Waals surface area contributed by atoms with Crippen molar-refractivity contribution >= 4 is 51.7 Å². The highest BCUT2D eigenvalue weighted by molar-refractivity contribution is 14.1. The first-order valence-electron chi connectivity index (χ1n) is 6.58. The number of likely N-dealkylation sites (N-methyl/N-ethyl adjacent to an activating group) is 1. The van der Waals surface area contributed by atoms with E-state index >= 15 is 0 Å². The molecule has 1 aromatic carbocycles. The van der Waals surface area contributed by atoms with Gasteiger partial charge >= 0.3 is 0 Å². The Hall–Kier alpha value is -0.0800. The second kappa shape index (κ2) is 7.00. The molecule has 7 heteroatoms. The average Bonchev–Trinajstić information content (AvgIpc) is 2.73. The van der Waals surface area contributed by atoms with Crippen molar-refractivity contribution in [2.24, 2.45) is 0 Å². The van der Waals surface area contributed by atoms with Gasteiger partial charge in [0.1, 0.15) is 0 Å². The molecular weight excluding hydrogens is 426 g/mol. The topological polar surface area (TPSA) is 43.8 Å². The van der Waals surface area contributed by atoms with Gasteiger partial charge in [-0.25, -0.2) is 0 Å². The molecule has 1 heterocycles. The lowest BCUT2D eigenvalue weighted by Gasteiger charge is -2.27. The van der Waals surface area contributed by atoms with Gasteiger partial charge in [0.2, 0.25) is 0 Å². The predicted molar refractivity (Wildman–Crippen MR) is 93.2 cm³/mol. The Labute approximate surface area is 148 Å².